The van der Waals surface area contributed by atoms with E-state index in [0.29, 0.717) is 39.7 Å². The van der Waals surface area contributed by atoms with E-state index in [0.717, 1.165) is 5.56 Å². The van der Waals surface area contributed by atoms with Crippen LogP contribution in [0.15, 0.2) is 96.4 Å². The van der Waals surface area contributed by atoms with Crippen molar-refractivity contribution >= 4 is 5.97 Å². The second-order valence-electron chi connectivity index (χ2n) is 9.49. The average Bonchev–Trinajstić information content (AvgIpc) is 2.99. The van der Waals surface area contributed by atoms with Crippen molar-refractivity contribution in [3.63, 3.8) is 0 Å². The molecule has 0 saturated carbocycles. The van der Waals surface area contributed by atoms with E-state index in [-0.39, 0.29) is 36.2 Å². The maximum absolute atomic E-state index is 14.1. The lowest BCUT2D eigenvalue weighted by Gasteiger charge is -2.27. The zero-order valence-corrected chi connectivity index (χ0v) is 22.9. The first kappa shape index (κ1) is 28.1. The number of nitrogens with two attached hydrogens (primary N) is 1. The third kappa shape index (κ3) is 6.13. The number of carbonyl (C=O) groups excluding carboxylic acids is 1. The highest BCUT2D eigenvalue weighted by Crippen LogP contribution is 2.45. The molecule has 0 aliphatic carbocycles. The number of ether oxygens (including phenoxy) is 5. The fourth-order valence-electron chi connectivity index (χ4n) is 4.60. The minimum absolute atomic E-state index is 0.0102. The van der Waals surface area contributed by atoms with Crippen molar-refractivity contribution in [3.8, 4) is 34.8 Å². The Morgan fingerprint density at radius 1 is 0.976 bits per heavy atom. The summed E-state index contributed by atoms with van der Waals surface area (Å²) in [5, 5.41) is 9.94. The molecule has 0 saturated heterocycles. The van der Waals surface area contributed by atoms with E-state index in [1.807, 2.05) is 25.1 Å². The second kappa shape index (κ2) is 12.4. The predicted octanol–water partition coefficient (Wildman–Crippen LogP) is 5.92. The van der Waals surface area contributed by atoms with E-state index in [4.69, 9.17) is 29.4 Å². The minimum atomic E-state index is -0.597. The van der Waals surface area contributed by atoms with Crippen LogP contribution in [0.5, 0.6) is 28.7 Å². The van der Waals surface area contributed by atoms with Crippen LogP contribution in [0.3, 0.4) is 0 Å². The van der Waals surface area contributed by atoms with Crippen LogP contribution < -0.4 is 29.4 Å². The number of methoxy groups -OCH3 is 1. The van der Waals surface area contributed by atoms with Gasteiger partial charge in [-0.1, -0.05) is 42.5 Å². The van der Waals surface area contributed by atoms with Crippen LogP contribution in [0.4, 0.5) is 4.39 Å². The fourth-order valence-corrected chi connectivity index (χ4v) is 4.60. The molecule has 0 spiro atoms. The Labute approximate surface area is 242 Å². The van der Waals surface area contributed by atoms with Gasteiger partial charge in [0.25, 0.3) is 0 Å². The molecule has 8 nitrogen and oxygen atoms in total. The second-order valence-corrected chi connectivity index (χ2v) is 9.49. The van der Waals surface area contributed by atoms with Crippen molar-refractivity contribution in [2.75, 3.05) is 13.7 Å². The molecule has 0 bridgehead atoms. The van der Waals surface area contributed by atoms with Gasteiger partial charge in [0.2, 0.25) is 5.88 Å². The molecule has 1 aliphatic heterocycles. The molecule has 0 aromatic heterocycles. The molecule has 1 aliphatic rings. The van der Waals surface area contributed by atoms with Gasteiger partial charge >= 0.3 is 5.97 Å². The molecule has 1 unspecified atom stereocenters. The minimum Gasteiger partial charge on any atom is -0.493 e. The monoisotopic (exact) mass is 566 g/mol. The zero-order valence-electron chi connectivity index (χ0n) is 22.9. The first-order valence-corrected chi connectivity index (χ1v) is 13.0. The standard InChI is InChI=1S/C33H27FN2O6/c1-20-6-5-8-23(14-20)39-19-31(37)41-24-11-12-25-29(16-24)42-33(36)26(17-35)32(25)21-10-13-28(30(15-21)38-2)40-18-22-7-3-4-9-27(22)34/h3-16,32H,18-19,36H2,1-2H3. The Hall–Kier alpha value is -5.49. The molecule has 1 atom stereocenters. The van der Waals surface area contributed by atoms with E-state index in [1.165, 1.54) is 19.2 Å². The lowest BCUT2D eigenvalue weighted by atomic mass is 9.83. The number of fused-ring (bicyclic) bond motifs is 1. The third-order valence-corrected chi connectivity index (χ3v) is 6.63. The molecular formula is C33H27FN2O6. The summed E-state index contributed by atoms with van der Waals surface area (Å²) < 4.78 is 42.2. The number of allylic oxidation sites excluding steroid dienone is 1. The van der Waals surface area contributed by atoms with Gasteiger partial charge in [0.1, 0.15) is 41.3 Å². The van der Waals surface area contributed by atoms with Gasteiger partial charge in [-0.05, 0) is 54.4 Å². The van der Waals surface area contributed by atoms with E-state index in [2.05, 4.69) is 6.07 Å². The number of hydrogen-bond acceptors (Lipinski definition) is 8. The highest BCUT2D eigenvalue weighted by Gasteiger charge is 2.32. The Morgan fingerprint density at radius 3 is 2.57 bits per heavy atom. The van der Waals surface area contributed by atoms with Crippen molar-refractivity contribution in [3.05, 3.63) is 124 Å². The van der Waals surface area contributed by atoms with Crippen LogP contribution >= 0.6 is 0 Å². The van der Waals surface area contributed by atoms with Gasteiger partial charge in [0, 0.05) is 17.2 Å². The van der Waals surface area contributed by atoms with Crippen molar-refractivity contribution in [1.29, 1.82) is 5.26 Å². The Balaban J connectivity index is 1.36. The Bertz CT molecular complexity index is 1710. The lowest BCUT2D eigenvalue weighted by molar-refractivity contribution is -0.136. The zero-order chi connectivity index (χ0) is 29.6. The molecule has 4 aromatic rings. The van der Waals surface area contributed by atoms with Crippen LogP contribution in [0.1, 0.15) is 28.2 Å². The number of aryl methyl sites for hydroxylation is 1. The number of halogens is 1. The molecule has 1 heterocycles. The maximum atomic E-state index is 14.1. The number of benzene rings is 4. The van der Waals surface area contributed by atoms with E-state index < -0.39 is 11.9 Å². The number of carbonyl (C=O) groups is 1. The fraction of sp³-hybridized carbons (Fsp3) is 0.152. The lowest BCUT2D eigenvalue weighted by Crippen LogP contribution is -2.22. The summed E-state index contributed by atoms with van der Waals surface area (Å²) in [5.41, 5.74) is 9.09. The normalized spacial score (nSPS) is 13.8. The summed E-state index contributed by atoms with van der Waals surface area (Å²) in [6.07, 6.45) is 0. The van der Waals surface area contributed by atoms with Gasteiger partial charge in [-0.25, -0.2) is 9.18 Å². The maximum Gasteiger partial charge on any atom is 0.349 e. The summed E-state index contributed by atoms with van der Waals surface area (Å²) >= 11 is 0. The van der Waals surface area contributed by atoms with Gasteiger partial charge in [-0.2, -0.15) is 5.26 Å². The Morgan fingerprint density at radius 2 is 1.81 bits per heavy atom. The molecular weight excluding hydrogens is 539 g/mol. The summed E-state index contributed by atoms with van der Waals surface area (Å²) in [6, 6.07) is 25.9. The van der Waals surface area contributed by atoms with E-state index in [1.54, 1.807) is 54.6 Å². The van der Waals surface area contributed by atoms with Gasteiger partial charge in [-0.3, -0.25) is 0 Å². The summed E-state index contributed by atoms with van der Waals surface area (Å²) in [7, 11) is 1.49. The molecule has 0 fully saturated rings. The molecule has 5 rings (SSSR count). The molecule has 0 amide bonds. The van der Waals surface area contributed by atoms with Crippen molar-refractivity contribution in [2.24, 2.45) is 5.73 Å². The quantitative estimate of drug-likeness (QED) is 0.196. The molecule has 2 N–H and O–H groups in total. The highest BCUT2D eigenvalue weighted by atomic mass is 19.1. The molecule has 9 heteroatoms. The molecule has 42 heavy (non-hydrogen) atoms. The van der Waals surface area contributed by atoms with Crippen LogP contribution in [-0.2, 0) is 11.4 Å². The van der Waals surface area contributed by atoms with E-state index in [9.17, 15) is 14.4 Å². The molecule has 4 aromatic carbocycles. The summed E-state index contributed by atoms with van der Waals surface area (Å²) in [5.74, 6) is 0.297. The highest BCUT2D eigenvalue weighted by molar-refractivity contribution is 5.74. The number of rotatable bonds is 9. The van der Waals surface area contributed by atoms with Gasteiger partial charge < -0.3 is 29.4 Å². The molecule has 0 radical (unpaired) electrons. The van der Waals surface area contributed by atoms with Crippen LogP contribution in [0.25, 0.3) is 0 Å². The first-order chi connectivity index (χ1) is 20.4. The van der Waals surface area contributed by atoms with Crippen molar-refractivity contribution < 1.29 is 32.9 Å². The van der Waals surface area contributed by atoms with Crippen LogP contribution in [0, 0.1) is 24.1 Å². The smallest absolute Gasteiger partial charge is 0.349 e. The van der Waals surface area contributed by atoms with Gasteiger partial charge in [0.15, 0.2) is 18.1 Å². The summed E-state index contributed by atoms with van der Waals surface area (Å²) in [6.45, 7) is 1.65. The van der Waals surface area contributed by atoms with E-state index >= 15 is 0 Å². The first-order valence-electron chi connectivity index (χ1n) is 13.0. The van der Waals surface area contributed by atoms with Gasteiger partial charge in [-0.15, -0.1) is 0 Å². The third-order valence-electron chi connectivity index (χ3n) is 6.63. The summed E-state index contributed by atoms with van der Waals surface area (Å²) in [4.78, 5) is 12.4. The number of hydrogen-bond donors (Lipinski definition) is 1. The van der Waals surface area contributed by atoms with Crippen molar-refractivity contribution in [2.45, 2.75) is 19.4 Å². The number of esters is 1. The average molecular weight is 567 g/mol. The number of nitriles is 1. The Kier molecular flexibility index (Phi) is 8.25. The SMILES string of the molecule is COc1cc(C2C(C#N)=C(N)Oc3cc(OC(=O)COc4cccc(C)c4)ccc32)ccc1OCc1ccccc1F. The molecule has 212 valence electrons. The van der Waals surface area contributed by atoms with Crippen LogP contribution in [0.2, 0.25) is 0 Å². The van der Waals surface area contributed by atoms with Crippen molar-refractivity contribution in [1.82, 2.24) is 0 Å². The largest absolute Gasteiger partial charge is 0.493 e. The predicted molar refractivity (Wildman–Crippen MR) is 152 cm³/mol. The van der Waals surface area contributed by atoms with Crippen LogP contribution in [-0.4, -0.2) is 19.7 Å². The topological polar surface area (TPSA) is 113 Å². The number of nitrogens with zero attached hydrogens (tertiary/aromatic N) is 1. The van der Waals surface area contributed by atoms with Gasteiger partial charge in [0.05, 0.1) is 13.0 Å².